The van der Waals surface area contributed by atoms with Crippen molar-refractivity contribution in [2.45, 2.75) is 13.0 Å². The van der Waals surface area contributed by atoms with Gasteiger partial charge in [-0.1, -0.05) is 24.8 Å². The molecule has 2 heterocycles. The molecule has 0 saturated carbocycles. The molecule has 2 N–H and O–H groups in total. The molecular formula is C13H13ClFN3O. The molecule has 100 valence electrons. The molecule has 4 nitrogen and oxygen atoms in total. The lowest BCUT2D eigenvalue weighted by Crippen LogP contribution is -2.32. The number of aromatic amines is 1. The monoisotopic (exact) mass is 281 g/mol. The number of fused-ring (bicyclic) bond motifs is 1. The molecule has 19 heavy (non-hydrogen) atoms. The molecule has 0 atom stereocenters. The van der Waals surface area contributed by atoms with Crippen LogP contribution in [0.1, 0.15) is 17.1 Å². The third-order valence-corrected chi connectivity index (χ3v) is 2.90. The third kappa shape index (κ3) is 3.00. The van der Waals surface area contributed by atoms with Crippen molar-refractivity contribution in [1.29, 1.82) is 0 Å². The van der Waals surface area contributed by atoms with Crippen molar-refractivity contribution in [3.63, 3.8) is 0 Å². The van der Waals surface area contributed by atoms with Crippen molar-refractivity contribution in [3.8, 4) is 0 Å². The molecule has 0 saturated heterocycles. The minimum atomic E-state index is -0.723. The van der Waals surface area contributed by atoms with Crippen molar-refractivity contribution < 1.29 is 4.39 Å². The van der Waals surface area contributed by atoms with E-state index in [1.54, 1.807) is 0 Å². The normalized spacial score (nSPS) is 14.9. The summed E-state index contributed by atoms with van der Waals surface area (Å²) in [6.07, 6.45) is 1.91. The van der Waals surface area contributed by atoms with E-state index < -0.39 is 5.83 Å². The quantitative estimate of drug-likeness (QED) is 0.834. The first-order valence-electron chi connectivity index (χ1n) is 5.73. The molecule has 6 heteroatoms. The number of rotatable bonds is 3. The summed E-state index contributed by atoms with van der Waals surface area (Å²) in [6, 6.07) is 0. The first-order chi connectivity index (χ1) is 8.99. The van der Waals surface area contributed by atoms with Crippen LogP contribution >= 0.6 is 11.6 Å². The van der Waals surface area contributed by atoms with Crippen molar-refractivity contribution in [1.82, 2.24) is 15.3 Å². The van der Waals surface area contributed by atoms with Crippen molar-refractivity contribution in [2.75, 3.05) is 6.54 Å². The minimum Gasteiger partial charge on any atom is -0.312 e. The Balaban J connectivity index is 2.56. The number of allylic oxidation sites excluding steroid dienone is 4. The second kappa shape index (κ2) is 5.50. The van der Waals surface area contributed by atoms with Gasteiger partial charge in [0, 0.05) is 24.5 Å². The fourth-order valence-electron chi connectivity index (χ4n) is 1.91. The lowest BCUT2D eigenvalue weighted by molar-refractivity contribution is 0.617. The van der Waals surface area contributed by atoms with E-state index in [1.165, 1.54) is 6.08 Å². The highest BCUT2D eigenvalue weighted by atomic mass is 35.5. The zero-order valence-corrected chi connectivity index (χ0v) is 11.0. The summed E-state index contributed by atoms with van der Waals surface area (Å²) in [6.45, 7) is 7.89. The highest BCUT2D eigenvalue weighted by Crippen LogP contribution is 2.22. The van der Waals surface area contributed by atoms with Gasteiger partial charge in [0.1, 0.15) is 11.7 Å². The van der Waals surface area contributed by atoms with E-state index in [0.29, 0.717) is 24.2 Å². The largest absolute Gasteiger partial charge is 0.312 e. The molecule has 1 aliphatic heterocycles. The van der Waals surface area contributed by atoms with E-state index >= 15 is 0 Å². The number of hydrogen-bond donors (Lipinski definition) is 2. The first-order valence-corrected chi connectivity index (χ1v) is 6.11. The second-order valence-electron chi connectivity index (χ2n) is 4.18. The Bertz CT molecular complexity index is 633. The Morgan fingerprint density at radius 3 is 2.84 bits per heavy atom. The Morgan fingerprint density at radius 1 is 1.47 bits per heavy atom. The molecule has 2 rings (SSSR count). The number of aromatic nitrogens is 2. The van der Waals surface area contributed by atoms with Gasteiger partial charge >= 0.3 is 0 Å². The van der Waals surface area contributed by atoms with Crippen LogP contribution in [0, 0.1) is 0 Å². The van der Waals surface area contributed by atoms with Gasteiger partial charge in [-0.2, -0.15) is 0 Å². The van der Waals surface area contributed by atoms with Gasteiger partial charge in [-0.25, -0.2) is 9.37 Å². The smallest absolute Gasteiger partial charge is 0.255 e. The zero-order valence-electron chi connectivity index (χ0n) is 10.2. The average Bonchev–Trinajstić information content (AvgIpc) is 2.35. The highest BCUT2D eigenvalue weighted by molar-refractivity contribution is 6.31. The second-order valence-corrected chi connectivity index (χ2v) is 4.66. The summed E-state index contributed by atoms with van der Waals surface area (Å²) in [7, 11) is 0. The van der Waals surface area contributed by atoms with Crippen LogP contribution in [0.15, 0.2) is 34.9 Å². The van der Waals surface area contributed by atoms with E-state index in [9.17, 15) is 9.18 Å². The van der Waals surface area contributed by atoms with Crippen LogP contribution in [0.25, 0.3) is 5.57 Å². The third-order valence-electron chi connectivity index (χ3n) is 2.79. The molecule has 1 aliphatic rings. The van der Waals surface area contributed by atoms with Gasteiger partial charge in [0.25, 0.3) is 5.56 Å². The highest BCUT2D eigenvalue weighted by Gasteiger charge is 2.17. The van der Waals surface area contributed by atoms with E-state index in [1.807, 2.05) is 0 Å². The molecule has 0 unspecified atom stereocenters. The molecule has 0 radical (unpaired) electrons. The number of nitrogens with zero attached hydrogens (tertiary/aromatic N) is 1. The summed E-state index contributed by atoms with van der Waals surface area (Å²) in [5, 5.41) is 3.22. The summed E-state index contributed by atoms with van der Waals surface area (Å²) >= 11 is 5.64. The molecule has 0 aromatic carbocycles. The fraction of sp³-hybridized carbons (Fsp3) is 0.231. The predicted molar refractivity (Wildman–Crippen MR) is 73.5 cm³/mol. The molecular weight excluding hydrogens is 269 g/mol. The van der Waals surface area contributed by atoms with E-state index in [4.69, 9.17) is 11.6 Å². The van der Waals surface area contributed by atoms with Crippen LogP contribution in [0.2, 0.25) is 0 Å². The molecule has 0 aliphatic carbocycles. The maximum Gasteiger partial charge on any atom is 0.255 e. The number of halogens is 2. The molecule has 0 bridgehead atoms. The Hall–Kier alpha value is -1.72. The first kappa shape index (κ1) is 13.7. The summed E-state index contributed by atoms with van der Waals surface area (Å²) < 4.78 is 13.4. The summed E-state index contributed by atoms with van der Waals surface area (Å²) in [4.78, 5) is 18.8. The SMILES string of the molecule is C=C(Cl)/C=C(\C(=C)F)c1nc2c(c(=O)[nH]1)CNCC2. The molecule has 1 aromatic heterocycles. The summed E-state index contributed by atoms with van der Waals surface area (Å²) in [5.74, 6) is -0.598. The average molecular weight is 282 g/mol. The van der Waals surface area contributed by atoms with Gasteiger partial charge in [0.05, 0.1) is 16.8 Å². The van der Waals surface area contributed by atoms with Gasteiger partial charge in [-0.05, 0) is 6.08 Å². The Kier molecular flexibility index (Phi) is 3.97. The standard InChI is InChI=1S/C13H13ClFN3O/c1-7(14)5-9(8(2)15)12-17-11-3-4-16-6-10(11)13(19)18-12/h5,16H,1-4,6H2,(H,17,18,19)/b9-5+. The van der Waals surface area contributed by atoms with Crippen LogP contribution in [0.4, 0.5) is 4.39 Å². The van der Waals surface area contributed by atoms with Crippen LogP contribution in [-0.2, 0) is 13.0 Å². The number of hydrogen-bond acceptors (Lipinski definition) is 3. The van der Waals surface area contributed by atoms with Crippen LogP contribution in [0.3, 0.4) is 0 Å². The number of nitrogens with one attached hydrogen (secondary N) is 2. The molecule has 0 fully saturated rings. The van der Waals surface area contributed by atoms with Crippen molar-refractivity contribution >= 4 is 17.2 Å². The van der Waals surface area contributed by atoms with Crippen LogP contribution < -0.4 is 10.9 Å². The van der Waals surface area contributed by atoms with E-state index in [2.05, 4.69) is 28.4 Å². The van der Waals surface area contributed by atoms with Crippen molar-refractivity contribution in [2.24, 2.45) is 0 Å². The topological polar surface area (TPSA) is 57.8 Å². The zero-order chi connectivity index (χ0) is 14.0. The lowest BCUT2D eigenvalue weighted by Gasteiger charge is -2.16. The van der Waals surface area contributed by atoms with Gasteiger partial charge in [0.15, 0.2) is 0 Å². The lowest BCUT2D eigenvalue weighted by atomic mass is 10.1. The van der Waals surface area contributed by atoms with E-state index in [-0.39, 0.29) is 22.0 Å². The molecule has 0 amide bonds. The van der Waals surface area contributed by atoms with Gasteiger partial charge in [0.2, 0.25) is 0 Å². The number of H-pyrrole nitrogens is 1. The Morgan fingerprint density at radius 2 is 2.21 bits per heavy atom. The van der Waals surface area contributed by atoms with Gasteiger partial charge in [-0.3, -0.25) is 4.79 Å². The van der Waals surface area contributed by atoms with Crippen molar-refractivity contribution in [3.05, 3.63) is 57.5 Å². The predicted octanol–water partition coefficient (Wildman–Crippen LogP) is 2.03. The summed E-state index contributed by atoms with van der Waals surface area (Å²) in [5.41, 5.74) is 1.02. The van der Waals surface area contributed by atoms with Gasteiger partial charge in [-0.15, -0.1) is 0 Å². The maximum absolute atomic E-state index is 13.4. The Labute approximate surface area is 114 Å². The van der Waals surface area contributed by atoms with Crippen LogP contribution in [-0.4, -0.2) is 16.5 Å². The van der Waals surface area contributed by atoms with Gasteiger partial charge < -0.3 is 10.3 Å². The molecule has 0 spiro atoms. The minimum absolute atomic E-state index is 0.0402. The maximum atomic E-state index is 13.4. The van der Waals surface area contributed by atoms with E-state index in [0.717, 1.165) is 6.54 Å². The fourth-order valence-corrected chi connectivity index (χ4v) is 2.02. The molecule has 1 aromatic rings. The van der Waals surface area contributed by atoms with Crippen LogP contribution in [0.5, 0.6) is 0 Å².